The SMILES string of the molecule is O=C(CCc1ccccc1)C1=C(O)C(=O)N(Cc2ccccc2)C1c1cccc([N+](=O)[O-])c1. The van der Waals surface area contributed by atoms with Gasteiger partial charge in [-0.3, -0.25) is 19.7 Å². The van der Waals surface area contributed by atoms with Crippen molar-refractivity contribution >= 4 is 17.4 Å². The Morgan fingerprint density at radius 2 is 1.58 bits per heavy atom. The summed E-state index contributed by atoms with van der Waals surface area (Å²) in [5.74, 6) is -1.63. The molecule has 1 N–H and O–H groups in total. The largest absolute Gasteiger partial charge is 0.503 e. The number of non-ortho nitro benzene ring substituents is 1. The predicted molar refractivity (Wildman–Crippen MR) is 122 cm³/mol. The van der Waals surface area contributed by atoms with Gasteiger partial charge < -0.3 is 10.0 Å². The maximum atomic E-state index is 13.2. The molecule has 1 aliphatic heterocycles. The van der Waals surface area contributed by atoms with Crippen molar-refractivity contribution in [2.45, 2.75) is 25.4 Å². The fourth-order valence-corrected chi connectivity index (χ4v) is 4.07. The number of aliphatic hydroxyl groups is 1. The number of nitro groups is 1. The van der Waals surface area contributed by atoms with Gasteiger partial charge in [0.1, 0.15) is 0 Å². The van der Waals surface area contributed by atoms with Gasteiger partial charge in [0.05, 0.1) is 16.5 Å². The third-order valence-corrected chi connectivity index (χ3v) is 5.68. The van der Waals surface area contributed by atoms with Crippen LogP contribution in [0.1, 0.15) is 29.2 Å². The minimum absolute atomic E-state index is 0.0210. The summed E-state index contributed by atoms with van der Waals surface area (Å²) in [7, 11) is 0. The summed E-state index contributed by atoms with van der Waals surface area (Å²) in [5.41, 5.74) is 2.01. The minimum atomic E-state index is -0.916. The van der Waals surface area contributed by atoms with Gasteiger partial charge in [-0.15, -0.1) is 0 Å². The summed E-state index contributed by atoms with van der Waals surface area (Å²) in [6.45, 7) is 0.145. The van der Waals surface area contributed by atoms with E-state index in [1.165, 1.54) is 23.1 Å². The molecule has 0 fully saturated rings. The second-order valence-corrected chi connectivity index (χ2v) is 7.84. The van der Waals surface area contributed by atoms with E-state index in [0.29, 0.717) is 12.0 Å². The number of aliphatic hydroxyl groups excluding tert-OH is 1. The number of carbonyl (C=O) groups excluding carboxylic acids is 2. The Morgan fingerprint density at radius 3 is 2.21 bits per heavy atom. The van der Waals surface area contributed by atoms with Crippen molar-refractivity contribution in [2.75, 3.05) is 0 Å². The van der Waals surface area contributed by atoms with Crippen LogP contribution >= 0.6 is 0 Å². The lowest BCUT2D eigenvalue weighted by atomic mass is 9.93. The number of hydrogen-bond acceptors (Lipinski definition) is 5. The average Bonchev–Trinajstić information content (AvgIpc) is 3.09. The second-order valence-electron chi connectivity index (χ2n) is 7.84. The van der Waals surface area contributed by atoms with Gasteiger partial charge >= 0.3 is 0 Å². The first-order valence-corrected chi connectivity index (χ1v) is 10.5. The molecule has 1 heterocycles. The van der Waals surface area contributed by atoms with Gasteiger partial charge in [0.15, 0.2) is 11.5 Å². The highest BCUT2D eigenvalue weighted by atomic mass is 16.6. The molecule has 4 rings (SSSR count). The molecule has 0 saturated heterocycles. The van der Waals surface area contributed by atoms with Gasteiger partial charge in [-0.2, -0.15) is 0 Å². The molecule has 1 aliphatic rings. The highest BCUT2D eigenvalue weighted by molar-refractivity contribution is 6.09. The Morgan fingerprint density at radius 1 is 0.939 bits per heavy atom. The average molecular weight is 442 g/mol. The fourth-order valence-electron chi connectivity index (χ4n) is 4.07. The molecule has 1 atom stereocenters. The first kappa shape index (κ1) is 22.0. The Balaban J connectivity index is 1.70. The molecule has 0 aliphatic carbocycles. The van der Waals surface area contributed by atoms with E-state index in [4.69, 9.17) is 0 Å². The van der Waals surface area contributed by atoms with Crippen molar-refractivity contribution in [1.29, 1.82) is 0 Å². The standard InChI is InChI=1S/C26H22N2O5/c29-22(15-14-18-8-3-1-4-9-18)23-24(20-12-7-13-21(16-20)28(32)33)27(26(31)25(23)30)17-19-10-5-2-6-11-19/h1-13,16,24,30H,14-15,17H2. The fraction of sp³-hybridized carbons (Fsp3) is 0.154. The number of Topliss-reactive ketones (excluding diaryl/α,β-unsaturated/α-hetero) is 1. The number of nitro benzene ring substituents is 1. The molecule has 0 spiro atoms. The number of amides is 1. The number of benzene rings is 3. The molecule has 1 unspecified atom stereocenters. The molecular weight excluding hydrogens is 420 g/mol. The van der Waals surface area contributed by atoms with Crippen LogP contribution in [0.4, 0.5) is 5.69 Å². The molecule has 1 amide bonds. The van der Waals surface area contributed by atoms with E-state index in [1.54, 1.807) is 6.07 Å². The lowest BCUT2D eigenvalue weighted by Gasteiger charge is -2.27. The number of carbonyl (C=O) groups is 2. The molecule has 166 valence electrons. The van der Waals surface area contributed by atoms with Crippen LogP contribution in [-0.2, 0) is 22.6 Å². The van der Waals surface area contributed by atoms with Crippen molar-refractivity contribution in [3.05, 3.63) is 123 Å². The predicted octanol–water partition coefficient (Wildman–Crippen LogP) is 4.69. The van der Waals surface area contributed by atoms with Crippen molar-refractivity contribution < 1.29 is 19.6 Å². The number of aryl methyl sites for hydroxylation is 1. The van der Waals surface area contributed by atoms with Gasteiger partial charge in [-0.25, -0.2) is 0 Å². The molecule has 0 radical (unpaired) electrons. The van der Waals surface area contributed by atoms with Gasteiger partial charge in [0.2, 0.25) is 0 Å². The van der Waals surface area contributed by atoms with Crippen LogP contribution in [0.3, 0.4) is 0 Å². The molecule has 3 aromatic rings. The van der Waals surface area contributed by atoms with E-state index in [1.807, 2.05) is 60.7 Å². The highest BCUT2D eigenvalue weighted by Gasteiger charge is 2.43. The first-order valence-electron chi connectivity index (χ1n) is 10.5. The highest BCUT2D eigenvalue weighted by Crippen LogP contribution is 2.40. The third-order valence-electron chi connectivity index (χ3n) is 5.68. The van der Waals surface area contributed by atoms with Crippen molar-refractivity contribution in [2.24, 2.45) is 0 Å². The van der Waals surface area contributed by atoms with Gasteiger partial charge in [-0.1, -0.05) is 72.8 Å². The zero-order valence-corrected chi connectivity index (χ0v) is 17.8. The number of hydrogen-bond donors (Lipinski definition) is 1. The van der Waals surface area contributed by atoms with Crippen LogP contribution in [0.2, 0.25) is 0 Å². The smallest absolute Gasteiger partial charge is 0.290 e. The van der Waals surface area contributed by atoms with E-state index in [0.717, 1.165) is 11.1 Å². The van der Waals surface area contributed by atoms with E-state index >= 15 is 0 Å². The maximum Gasteiger partial charge on any atom is 0.290 e. The second kappa shape index (κ2) is 9.48. The van der Waals surface area contributed by atoms with Gasteiger partial charge in [0, 0.05) is 25.1 Å². The zero-order valence-electron chi connectivity index (χ0n) is 17.8. The summed E-state index contributed by atoms with van der Waals surface area (Å²) in [6, 6.07) is 23.6. The molecule has 0 saturated carbocycles. The quantitative estimate of drug-likeness (QED) is 0.403. The molecule has 0 bridgehead atoms. The van der Waals surface area contributed by atoms with Gasteiger partial charge in [-0.05, 0) is 23.1 Å². The summed E-state index contributed by atoms with van der Waals surface area (Å²) >= 11 is 0. The first-order chi connectivity index (χ1) is 16.0. The van der Waals surface area contributed by atoms with E-state index in [2.05, 4.69) is 0 Å². The molecule has 0 aromatic heterocycles. The van der Waals surface area contributed by atoms with Crippen LogP contribution in [0.25, 0.3) is 0 Å². The Hall–Kier alpha value is -4.26. The van der Waals surface area contributed by atoms with E-state index in [-0.39, 0.29) is 30.0 Å². The van der Waals surface area contributed by atoms with Crippen LogP contribution in [0, 0.1) is 10.1 Å². The summed E-state index contributed by atoms with van der Waals surface area (Å²) in [6.07, 6.45) is 0.548. The summed E-state index contributed by atoms with van der Waals surface area (Å²) in [5, 5.41) is 22.1. The van der Waals surface area contributed by atoms with Crippen LogP contribution in [0.5, 0.6) is 0 Å². The summed E-state index contributed by atoms with van der Waals surface area (Å²) in [4.78, 5) is 38.5. The zero-order chi connectivity index (χ0) is 23.4. The summed E-state index contributed by atoms with van der Waals surface area (Å²) < 4.78 is 0. The van der Waals surface area contributed by atoms with Crippen molar-refractivity contribution in [1.82, 2.24) is 4.90 Å². The molecule has 7 heteroatoms. The number of ketones is 1. The maximum absolute atomic E-state index is 13.2. The number of nitrogens with zero attached hydrogens (tertiary/aromatic N) is 2. The van der Waals surface area contributed by atoms with E-state index < -0.39 is 22.6 Å². The van der Waals surface area contributed by atoms with E-state index in [9.17, 15) is 24.8 Å². The topological polar surface area (TPSA) is 101 Å². The molecule has 7 nitrogen and oxygen atoms in total. The van der Waals surface area contributed by atoms with Gasteiger partial charge in [0.25, 0.3) is 11.6 Å². The molecule has 33 heavy (non-hydrogen) atoms. The normalized spacial score (nSPS) is 15.7. The molecule has 3 aromatic carbocycles. The molecular formula is C26H22N2O5. The lowest BCUT2D eigenvalue weighted by Crippen LogP contribution is -2.30. The van der Waals surface area contributed by atoms with Crippen LogP contribution in [0.15, 0.2) is 96.3 Å². The van der Waals surface area contributed by atoms with Crippen LogP contribution < -0.4 is 0 Å². The Kier molecular flexibility index (Phi) is 6.31. The number of rotatable bonds is 8. The van der Waals surface area contributed by atoms with Crippen molar-refractivity contribution in [3.8, 4) is 0 Å². The van der Waals surface area contributed by atoms with Crippen molar-refractivity contribution in [3.63, 3.8) is 0 Å². The Labute approximate surface area is 190 Å². The Bertz CT molecular complexity index is 1220. The third kappa shape index (κ3) is 4.67. The van der Waals surface area contributed by atoms with Crippen LogP contribution in [-0.4, -0.2) is 26.6 Å². The monoisotopic (exact) mass is 442 g/mol. The minimum Gasteiger partial charge on any atom is -0.503 e. The lowest BCUT2D eigenvalue weighted by molar-refractivity contribution is -0.384.